The van der Waals surface area contributed by atoms with Gasteiger partial charge in [0.2, 0.25) is 0 Å². The minimum absolute atomic E-state index is 0.0525. The summed E-state index contributed by atoms with van der Waals surface area (Å²) in [6.07, 6.45) is 0. The van der Waals surface area contributed by atoms with E-state index >= 15 is 0 Å². The van der Waals surface area contributed by atoms with Gasteiger partial charge in [0.05, 0.1) is 17.7 Å². The van der Waals surface area contributed by atoms with Crippen LogP contribution < -0.4 is 11.2 Å². The maximum Gasteiger partial charge on any atom is 0.336 e. The van der Waals surface area contributed by atoms with Crippen LogP contribution in [-0.4, -0.2) is 9.13 Å². The smallest absolute Gasteiger partial charge is 0.287 e. The maximum atomic E-state index is 14.2. The fourth-order valence-corrected chi connectivity index (χ4v) is 3.74. The summed E-state index contributed by atoms with van der Waals surface area (Å²) in [4.78, 5) is 25.8. The van der Waals surface area contributed by atoms with Crippen LogP contribution in [0.15, 0.2) is 63.5 Å². The lowest BCUT2D eigenvalue weighted by Crippen LogP contribution is -2.39. The van der Waals surface area contributed by atoms with E-state index in [1.165, 1.54) is 18.2 Å². The zero-order valence-corrected chi connectivity index (χ0v) is 14.5. The molecule has 0 atom stereocenters. The van der Waals surface area contributed by atoms with Crippen molar-refractivity contribution in [2.75, 3.05) is 0 Å². The van der Waals surface area contributed by atoms with Gasteiger partial charge in [-0.1, -0.05) is 12.1 Å². The number of hydrogen-bond donors (Lipinski definition) is 0. The summed E-state index contributed by atoms with van der Waals surface area (Å²) in [6, 6.07) is 9.86. The van der Waals surface area contributed by atoms with E-state index in [2.05, 4.69) is 0 Å². The van der Waals surface area contributed by atoms with Crippen molar-refractivity contribution in [3.05, 3.63) is 97.8 Å². The largest absolute Gasteiger partial charge is 0.336 e. The summed E-state index contributed by atoms with van der Waals surface area (Å²) in [5.41, 5.74) is -1.46. The molecule has 8 heteroatoms. The Bertz CT molecular complexity index is 1290. The summed E-state index contributed by atoms with van der Waals surface area (Å²) in [7, 11) is 0. The second-order valence-electron chi connectivity index (χ2n) is 5.83. The first-order valence-corrected chi connectivity index (χ1v) is 8.77. The van der Waals surface area contributed by atoms with Crippen molar-refractivity contribution in [3.8, 4) is 5.69 Å². The van der Waals surface area contributed by atoms with Crippen molar-refractivity contribution in [1.29, 1.82) is 0 Å². The molecule has 0 N–H and O–H groups in total. The van der Waals surface area contributed by atoms with Crippen molar-refractivity contribution in [2.24, 2.45) is 0 Å². The van der Waals surface area contributed by atoms with Crippen LogP contribution >= 0.6 is 11.3 Å². The predicted molar refractivity (Wildman–Crippen MR) is 97.1 cm³/mol. The van der Waals surface area contributed by atoms with Crippen molar-refractivity contribution in [3.63, 3.8) is 0 Å². The number of halogens is 3. The normalized spacial score (nSPS) is 11.2. The molecule has 4 rings (SSSR count). The van der Waals surface area contributed by atoms with E-state index in [1.54, 1.807) is 11.4 Å². The fourth-order valence-electron chi connectivity index (χ4n) is 2.92. The topological polar surface area (TPSA) is 44.0 Å². The third-order valence-electron chi connectivity index (χ3n) is 4.18. The Morgan fingerprint density at radius 3 is 2.48 bits per heavy atom. The lowest BCUT2D eigenvalue weighted by Gasteiger charge is -2.13. The third kappa shape index (κ3) is 2.87. The molecule has 0 bridgehead atoms. The maximum absolute atomic E-state index is 14.2. The van der Waals surface area contributed by atoms with E-state index < -0.39 is 28.7 Å². The van der Waals surface area contributed by atoms with E-state index in [1.807, 2.05) is 0 Å². The highest BCUT2D eigenvalue weighted by Crippen LogP contribution is 2.19. The molecule has 0 spiro atoms. The minimum atomic E-state index is -0.834. The van der Waals surface area contributed by atoms with Crippen molar-refractivity contribution < 1.29 is 13.2 Å². The first-order valence-electron chi connectivity index (χ1n) is 7.89. The number of para-hydroxylation sites is 1. The lowest BCUT2D eigenvalue weighted by molar-refractivity contribution is 0.571. The zero-order valence-electron chi connectivity index (χ0n) is 13.7. The van der Waals surface area contributed by atoms with Gasteiger partial charge in [-0.3, -0.25) is 9.36 Å². The summed E-state index contributed by atoms with van der Waals surface area (Å²) in [6.45, 7) is -0.301. The fraction of sp³-hybridized carbons (Fsp3) is 0.0526. The number of thiophene rings is 1. The van der Waals surface area contributed by atoms with Crippen LogP contribution in [0.3, 0.4) is 0 Å². The average molecular weight is 388 g/mol. The lowest BCUT2D eigenvalue weighted by atomic mass is 10.2. The average Bonchev–Trinajstić information content (AvgIpc) is 3.13. The van der Waals surface area contributed by atoms with Gasteiger partial charge in [-0.15, -0.1) is 11.3 Å². The Balaban J connectivity index is 2.03. The van der Waals surface area contributed by atoms with Crippen LogP contribution in [-0.2, 0) is 6.54 Å². The van der Waals surface area contributed by atoms with Crippen LogP contribution in [0.1, 0.15) is 5.56 Å². The Kier molecular flexibility index (Phi) is 4.19. The Morgan fingerprint density at radius 1 is 0.926 bits per heavy atom. The molecule has 27 heavy (non-hydrogen) atoms. The van der Waals surface area contributed by atoms with E-state index in [0.29, 0.717) is 4.57 Å². The molecule has 0 saturated carbocycles. The first kappa shape index (κ1) is 17.3. The summed E-state index contributed by atoms with van der Waals surface area (Å²) < 4.78 is 43.9. The van der Waals surface area contributed by atoms with Gasteiger partial charge in [0.1, 0.15) is 22.2 Å². The molecule has 0 fully saturated rings. The number of hydrogen-bond acceptors (Lipinski definition) is 3. The summed E-state index contributed by atoms with van der Waals surface area (Å²) in [5.74, 6) is -2.07. The molecule has 0 radical (unpaired) electrons. The predicted octanol–water partition coefficient (Wildman–Crippen LogP) is 3.68. The number of rotatable bonds is 3. The molecule has 4 nitrogen and oxygen atoms in total. The molecule has 0 aliphatic rings. The molecule has 0 saturated heterocycles. The van der Waals surface area contributed by atoms with Gasteiger partial charge < -0.3 is 0 Å². The Hall–Kier alpha value is -3.13. The van der Waals surface area contributed by atoms with E-state index in [4.69, 9.17) is 0 Å². The van der Waals surface area contributed by atoms with Gasteiger partial charge in [0.25, 0.3) is 5.56 Å². The van der Waals surface area contributed by atoms with E-state index in [0.717, 1.165) is 40.2 Å². The van der Waals surface area contributed by atoms with E-state index in [-0.39, 0.29) is 28.0 Å². The molecular formula is C19H11F3N2O2S. The molecule has 136 valence electrons. The van der Waals surface area contributed by atoms with Crippen molar-refractivity contribution in [2.45, 2.75) is 6.54 Å². The van der Waals surface area contributed by atoms with Gasteiger partial charge in [0.15, 0.2) is 0 Å². The van der Waals surface area contributed by atoms with Gasteiger partial charge in [-0.05, 0) is 41.8 Å². The zero-order chi connectivity index (χ0) is 19.1. The third-order valence-corrected chi connectivity index (χ3v) is 5.08. The van der Waals surface area contributed by atoms with Gasteiger partial charge in [0, 0.05) is 5.56 Å². The van der Waals surface area contributed by atoms with Gasteiger partial charge in [-0.25, -0.2) is 22.5 Å². The second kappa shape index (κ2) is 6.55. The number of fused-ring (bicyclic) bond motifs is 1. The molecule has 2 heterocycles. The van der Waals surface area contributed by atoms with Crippen molar-refractivity contribution >= 4 is 21.6 Å². The number of nitrogens with zero attached hydrogens (tertiary/aromatic N) is 2. The monoisotopic (exact) mass is 388 g/mol. The second-order valence-corrected chi connectivity index (χ2v) is 6.75. The van der Waals surface area contributed by atoms with Crippen LogP contribution in [0.5, 0.6) is 0 Å². The highest BCUT2D eigenvalue weighted by Gasteiger charge is 2.18. The molecule has 0 aliphatic heterocycles. The molecule has 4 aromatic rings. The van der Waals surface area contributed by atoms with Crippen LogP contribution in [0.2, 0.25) is 0 Å². The highest BCUT2D eigenvalue weighted by atomic mass is 32.1. The van der Waals surface area contributed by atoms with E-state index in [9.17, 15) is 22.8 Å². The van der Waals surface area contributed by atoms with Crippen LogP contribution in [0.25, 0.3) is 15.9 Å². The van der Waals surface area contributed by atoms with Gasteiger partial charge >= 0.3 is 5.69 Å². The quantitative estimate of drug-likeness (QED) is 0.537. The minimum Gasteiger partial charge on any atom is -0.287 e. The Labute approximate surface area is 154 Å². The molecule has 0 amide bonds. The van der Waals surface area contributed by atoms with Crippen molar-refractivity contribution in [1.82, 2.24) is 9.13 Å². The Morgan fingerprint density at radius 2 is 1.70 bits per heavy atom. The highest BCUT2D eigenvalue weighted by molar-refractivity contribution is 7.17. The van der Waals surface area contributed by atoms with Gasteiger partial charge in [-0.2, -0.15) is 0 Å². The summed E-state index contributed by atoms with van der Waals surface area (Å²) in [5, 5.41) is 1.61. The standard InChI is InChI=1S/C19H11F3N2O2S/c20-12-5-6-13(21)11(9-12)10-23-16-7-8-27-17(16)18(25)24(19(23)26)15-4-2-1-3-14(15)22/h1-9H,10H2. The summed E-state index contributed by atoms with van der Waals surface area (Å²) >= 11 is 1.09. The van der Waals surface area contributed by atoms with Crippen LogP contribution in [0.4, 0.5) is 13.2 Å². The number of benzene rings is 2. The SMILES string of the molecule is O=c1c2sccc2n(Cc2cc(F)ccc2F)c(=O)n1-c1ccccc1F. The molecule has 0 unspecified atom stereocenters. The molecule has 0 aliphatic carbocycles. The first-order chi connectivity index (χ1) is 13.0. The molecule has 2 aromatic heterocycles. The number of aromatic nitrogens is 2. The molecule has 2 aromatic carbocycles. The van der Waals surface area contributed by atoms with Crippen LogP contribution in [0, 0.1) is 17.5 Å². The molecular weight excluding hydrogens is 377 g/mol.